The lowest BCUT2D eigenvalue weighted by Gasteiger charge is -2.42. The van der Waals surface area contributed by atoms with Gasteiger partial charge in [0.2, 0.25) is 0 Å². The van der Waals surface area contributed by atoms with Gasteiger partial charge in [-0.05, 0) is 38.0 Å². The fourth-order valence-corrected chi connectivity index (χ4v) is 2.34. The van der Waals surface area contributed by atoms with Gasteiger partial charge in [-0.2, -0.15) is 0 Å². The second kappa shape index (κ2) is 3.35. The van der Waals surface area contributed by atoms with Crippen molar-refractivity contribution in [3.63, 3.8) is 0 Å². The summed E-state index contributed by atoms with van der Waals surface area (Å²) in [5.41, 5.74) is 0.602. The molecule has 2 aliphatic heterocycles. The molecule has 0 radical (unpaired) electrons. The Kier molecular flexibility index (Phi) is 2.37. The molecule has 0 saturated carbocycles. The maximum absolute atomic E-state index is 5.40. The molecule has 0 aromatic rings. The summed E-state index contributed by atoms with van der Waals surface area (Å²) in [4.78, 5) is 0. The van der Waals surface area contributed by atoms with Crippen molar-refractivity contribution in [3.05, 3.63) is 0 Å². The first kappa shape index (κ1) is 8.52. The van der Waals surface area contributed by atoms with Crippen LogP contribution in [0.2, 0.25) is 0 Å². The molecule has 1 unspecified atom stereocenters. The van der Waals surface area contributed by atoms with Crippen molar-refractivity contribution >= 4 is 0 Å². The van der Waals surface area contributed by atoms with E-state index in [2.05, 4.69) is 12.2 Å². The van der Waals surface area contributed by atoms with Crippen molar-refractivity contribution in [2.24, 2.45) is 5.41 Å². The van der Waals surface area contributed by atoms with Crippen LogP contribution in [0.3, 0.4) is 0 Å². The van der Waals surface area contributed by atoms with Gasteiger partial charge in [-0.15, -0.1) is 0 Å². The van der Waals surface area contributed by atoms with Crippen LogP contribution in [0.5, 0.6) is 0 Å². The molecule has 0 amide bonds. The lowest BCUT2D eigenvalue weighted by Crippen LogP contribution is -2.47. The molecular weight excluding hydrogens is 150 g/mol. The van der Waals surface area contributed by atoms with Gasteiger partial charge in [0.15, 0.2) is 0 Å². The van der Waals surface area contributed by atoms with E-state index in [1.54, 1.807) is 0 Å². The van der Waals surface area contributed by atoms with Gasteiger partial charge in [-0.1, -0.05) is 0 Å². The van der Waals surface area contributed by atoms with Crippen molar-refractivity contribution in [2.75, 3.05) is 19.8 Å². The van der Waals surface area contributed by atoms with Crippen LogP contribution in [-0.2, 0) is 4.74 Å². The van der Waals surface area contributed by atoms with Crippen LogP contribution in [0.4, 0.5) is 0 Å². The SMILES string of the molecule is CC1CCC2(CCOCC2)CN1. The molecule has 2 aliphatic rings. The molecular formula is C10H19NO. The first-order valence-electron chi connectivity index (χ1n) is 5.12. The van der Waals surface area contributed by atoms with Crippen LogP contribution in [-0.4, -0.2) is 25.8 Å². The minimum absolute atomic E-state index is 0.602. The Labute approximate surface area is 74.7 Å². The Morgan fingerprint density at radius 1 is 1.25 bits per heavy atom. The highest BCUT2D eigenvalue weighted by Gasteiger charge is 2.35. The zero-order chi connectivity index (χ0) is 8.44. The molecule has 70 valence electrons. The van der Waals surface area contributed by atoms with Crippen molar-refractivity contribution < 1.29 is 4.74 Å². The van der Waals surface area contributed by atoms with Crippen LogP contribution < -0.4 is 5.32 Å². The van der Waals surface area contributed by atoms with Gasteiger partial charge in [0.1, 0.15) is 0 Å². The third-order valence-electron chi connectivity index (χ3n) is 3.49. The summed E-state index contributed by atoms with van der Waals surface area (Å²) in [5, 5.41) is 3.59. The molecule has 2 rings (SSSR count). The van der Waals surface area contributed by atoms with E-state index in [4.69, 9.17) is 4.74 Å². The van der Waals surface area contributed by atoms with Crippen molar-refractivity contribution in [1.29, 1.82) is 0 Å². The summed E-state index contributed by atoms with van der Waals surface area (Å²) in [5.74, 6) is 0. The van der Waals surface area contributed by atoms with E-state index in [9.17, 15) is 0 Å². The first-order chi connectivity index (χ1) is 5.81. The molecule has 2 heterocycles. The normalized spacial score (nSPS) is 35.2. The minimum atomic E-state index is 0.602. The average Bonchev–Trinajstić information content (AvgIpc) is 2.13. The average molecular weight is 169 g/mol. The summed E-state index contributed by atoms with van der Waals surface area (Å²) >= 11 is 0. The second-order valence-electron chi connectivity index (χ2n) is 4.43. The van der Waals surface area contributed by atoms with Crippen LogP contribution in [0.15, 0.2) is 0 Å². The number of piperidine rings is 1. The molecule has 1 atom stereocenters. The van der Waals surface area contributed by atoms with Gasteiger partial charge in [-0.25, -0.2) is 0 Å². The Balaban J connectivity index is 1.92. The zero-order valence-corrected chi connectivity index (χ0v) is 7.94. The van der Waals surface area contributed by atoms with Crippen LogP contribution in [0, 0.1) is 5.41 Å². The highest BCUT2D eigenvalue weighted by molar-refractivity contribution is 4.89. The lowest BCUT2D eigenvalue weighted by atomic mass is 9.73. The predicted molar refractivity (Wildman–Crippen MR) is 49.2 cm³/mol. The highest BCUT2D eigenvalue weighted by Crippen LogP contribution is 2.37. The van der Waals surface area contributed by atoms with Crippen molar-refractivity contribution in [3.8, 4) is 0 Å². The molecule has 1 spiro atoms. The molecule has 12 heavy (non-hydrogen) atoms. The Bertz CT molecular complexity index is 142. The fourth-order valence-electron chi connectivity index (χ4n) is 2.34. The Morgan fingerprint density at radius 3 is 2.58 bits per heavy atom. The molecule has 2 saturated heterocycles. The van der Waals surface area contributed by atoms with Crippen LogP contribution in [0.1, 0.15) is 32.6 Å². The van der Waals surface area contributed by atoms with Crippen LogP contribution >= 0.6 is 0 Å². The van der Waals surface area contributed by atoms with E-state index in [0.29, 0.717) is 5.41 Å². The van der Waals surface area contributed by atoms with E-state index < -0.39 is 0 Å². The zero-order valence-electron chi connectivity index (χ0n) is 7.94. The quantitative estimate of drug-likeness (QED) is 0.594. The smallest absolute Gasteiger partial charge is 0.0471 e. The van der Waals surface area contributed by atoms with Gasteiger partial charge in [0, 0.05) is 25.8 Å². The van der Waals surface area contributed by atoms with E-state index in [1.165, 1.54) is 32.2 Å². The summed E-state index contributed by atoms with van der Waals surface area (Å²) in [6, 6.07) is 0.735. The number of hydrogen-bond donors (Lipinski definition) is 1. The molecule has 2 nitrogen and oxygen atoms in total. The molecule has 0 aromatic carbocycles. The lowest BCUT2D eigenvalue weighted by molar-refractivity contribution is -0.00215. The van der Waals surface area contributed by atoms with Gasteiger partial charge >= 0.3 is 0 Å². The van der Waals surface area contributed by atoms with Gasteiger partial charge in [0.25, 0.3) is 0 Å². The van der Waals surface area contributed by atoms with Gasteiger partial charge in [-0.3, -0.25) is 0 Å². The molecule has 2 heteroatoms. The number of ether oxygens (including phenoxy) is 1. The number of rotatable bonds is 0. The molecule has 0 bridgehead atoms. The largest absolute Gasteiger partial charge is 0.381 e. The van der Waals surface area contributed by atoms with Crippen LogP contribution in [0.25, 0.3) is 0 Å². The summed E-state index contributed by atoms with van der Waals surface area (Å²) in [6.07, 6.45) is 5.30. The molecule has 1 N–H and O–H groups in total. The Morgan fingerprint density at radius 2 is 2.00 bits per heavy atom. The maximum Gasteiger partial charge on any atom is 0.0471 e. The molecule has 0 aliphatic carbocycles. The van der Waals surface area contributed by atoms with Gasteiger partial charge < -0.3 is 10.1 Å². The third kappa shape index (κ3) is 1.64. The highest BCUT2D eigenvalue weighted by atomic mass is 16.5. The topological polar surface area (TPSA) is 21.3 Å². The minimum Gasteiger partial charge on any atom is -0.381 e. The fraction of sp³-hybridized carbons (Fsp3) is 1.00. The summed E-state index contributed by atoms with van der Waals surface area (Å²) in [7, 11) is 0. The van der Waals surface area contributed by atoms with Crippen molar-refractivity contribution in [2.45, 2.75) is 38.6 Å². The van der Waals surface area contributed by atoms with Crippen molar-refractivity contribution in [1.82, 2.24) is 5.32 Å². The van der Waals surface area contributed by atoms with E-state index in [0.717, 1.165) is 19.3 Å². The monoisotopic (exact) mass is 169 g/mol. The summed E-state index contributed by atoms with van der Waals surface area (Å²) < 4.78 is 5.40. The van der Waals surface area contributed by atoms with E-state index >= 15 is 0 Å². The Hall–Kier alpha value is -0.0800. The van der Waals surface area contributed by atoms with Gasteiger partial charge in [0.05, 0.1) is 0 Å². The number of nitrogens with one attached hydrogen (secondary N) is 1. The first-order valence-corrected chi connectivity index (χ1v) is 5.12. The number of hydrogen-bond acceptors (Lipinski definition) is 2. The summed E-state index contributed by atoms with van der Waals surface area (Å²) in [6.45, 7) is 5.47. The second-order valence-corrected chi connectivity index (χ2v) is 4.43. The van der Waals surface area contributed by atoms with E-state index in [1.807, 2.05) is 0 Å². The van der Waals surface area contributed by atoms with E-state index in [-0.39, 0.29) is 0 Å². The third-order valence-corrected chi connectivity index (χ3v) is 3.49. The predicted octanol–water partition coefficient (Wildman–Crippen LogP) is 1.56. The standard InChI is InChI=1S/C10H19NO/c1-9-2-3-10(8-11-9)4-6-12-7-5-10/h9,11H,2-8H2,1H3. The molecule has 2 fully saturated rings. The maximum atomic E-state index is 5.40. The molecule has 0 aromatic heterocycles.